The highest BCUT2D eigenvalue weighted by Gasteiger charge is 2.28. The van der Waals surface area contributed by atoms with Crippen molar-refractivity contribution >= 4 is 41.0 Å². The molecule has 0 heterocycles. The number of hydrogen-bond acceptors (Lipinski definition) is 4. The van der Waals surface area contributed by atoms with E-state index in [1.54, 1.807) is 0 Å². The number of esters is 1. The average molecular weight is 373 g/mol. The van der Waals surface area contributed by atoms with Gasteiger partial charge in [-0.05, 0) is 43.9 Å². The molecule has 8 heteroatoms. The Morgan fingerprint density at radius 3 is 2.58 bits per heavy atom. The fourth-order valence-corrected chi connectivity index (χ4v) is 2.40. The molecular formula is C16H18Cl2N2O4. The lowest BCUT2D eigenvalue weighted by Crippen LogP contribution is -2.38. The van der Waals surface area contributed by atoms with E-state index in [2.05, 4.69) is 10.6 Å². The summed E-state index contributed by atoms with van der Waals surface area (Å²) in [5.74, 6) is -1.01. The van der Waals surface area contributed by atoms with Gasteiger partial charge in [0.25, 0.3) is 11.8 Å². The van der Waals surface area contributed by atoms with Gasteiger partial charge in [0.05, 0.1) is 10.0 Å². The molecule has 0 bridgehead atoms. The van der Waals surface area contributed by atoms with Crippen LogP contribution in [-0.2, 0) is 14.3 Å². The predicted molar refractivity (Wildman–Crippen MR) is 90.1 cm³/mol. The van der Waals surface area contributed by atoms with Crippen molar-refractivity contribution in [3.63, 3.8) is 0 Å². The molecule has 0 unspecified atom stereocenters. The summed E-state index contributed by atoms with van der Waals surface area (Å²) in [7, 11) is 0. The Bertz CT molecular complexity index is 647. The van der Waals surface area contributed by atoms with Gasteiger partial charge in [0.15, 0.2) is 6.61 Å². The minimum absolute atomic E-state index is 0.0885. The first kappa shape index (κ1) is 18.5. The van der Waals surface area contributed by atoms with Crippen molar-refractivity contribution < 1.29 is 19.1 Å². The van der Waals surface area contributed by atoms with Gasteiger partial charge in [-0.2, -0.15) is 0 Å². The van der Waals surface area contributed by atoms with E-state index in [-0.39, 0.29) is 35.7 Å². The molecule has 1 saturated carbocycles. The zero-order chi connectivity index (χ0) is 17.7. The molecule has 0 aliphatic heterocycles. The second-order valence-corrected chi connectivity index (χ2v) is 6.48. The summed E-state index contributed by atoms with van der Waals surface area (Å²) in [6.07, 6.45) is 2.23. The van der Waals surface area contributed by atoms with Crippen LogP contribution in [0.15, 0.2) is 18.2 Å². The van der Waals surface area contributed by atoms with Gasteiger partial charge in [-0.1, -0.05) is 23.2 Å². The SMILES string of the molecule is C[C@@H](NC(=O)COC(=O)CNC(=O)c1ccc(Cl)c(Cl)c1)C1CC1. The molecule has 1 atom stereocenters. The van der Waals surface area contributed by atoms with Gasteiger partial charge >= 0.3 is 5.97 Å². The van der Waals surface area contributed by atoms with E-state index in [9.17, 15) is 14.4 Å². The molecule has 0 radical (unpaired) electrons. The normalized spacial score (nSPS) is 14.6. The molecule has 2 amide bonds. The smallest absolute Gasteiger partial charge is 0.325 e. The van der Waals surface area contributed by atoms with Gasteiger partial charge in [0.1, 0.15) is 6.54 Å². The summed E-state index contributed by atoms with van der Waals surface area (Å²) in [6.45, 7) is 1.22. The maximum atomic E-state index is 11.9. The van der Waals surface area contributed by atoms with E-state index >= 15 is 0 Å². The fourth-order valence-electron chi connectivity index (χ4n) is 2.10. The van der Waals surface area contributed by atoms with Crippen molar-refractivity contribution in [2.24, 2.45) is 5.92 Å². The molecular weight excluding hydrogens is 355 g/mol. The van der Waals surface area contributed by atoms with Gasteiger partial charge < -0.3 is 15.4 Å². The Kier molecular flexibility index (Phi) is 6.45. The average Bonchev–Trinajstić information content (AvgIpc) is 3.38. The molecule has 0 spiro atoms. The Labute approximate surface area is 149 Å². The van der Waals surface area contributed by atoms with Crippen LogP contribution in [0.5, 0.6) is 0 Å². The standard InChI is InChI=1S/C16H18Cl2N2O4/c1-9(10-2-3-10)20-14(21)8-24-15(22)7-19-16(23)11-4-5-12(17)13(18)6-11/h4-6,9-10H,2-3,7-8H2,1H3,(H,19,23)(H,20,21)/t9-/m1/s1. The van der Waals surface area contributed by atoms with Crippen molar-refractivity contribution in [3.8, 4) is 0 Å². The Morgan fingerprint density at radius 2 is 1.96 bits per heavy atom. The van der Waals surface area contributed by atoms with Crippen molar-refractivity contribution in [2.75, 3.05) is 13.2 Å². The third-order valence-electron chi connectivity index (χ3n) is 3.66. The lowest BCUT2D eigenvalue weighted by Gasteiger charge is -2.12. The lowest BCUT2D eigenvalue weighted by atomic mass is 10.2. The molecule has 1 aliphatic carbocycles. The Balaban J connectivity index is 1.69. The zero-order valence-corrected chi connectivity index (χ0v) is 14.6. The first-order valence-electron chi connectivity index (χ1n) is 7.55. The highest BCUT2D eigenvalue weighted by molar-refractivity contribution is 6.42. The van der Waals surface area contributed by atoms with E-state index in [1.807, 2.05) is 6.92 Å². The topological polar surface area (TPSA) is 84.5 Å². The fraction of sp³-hybridized carbons (Fsp3) is 0.438. The number of hydrogen-bond donors (Lipinski definition) is 2. The largest absolute Gasteiger partial charge is 0.454 e. The number of nitrogens with one attached hydrogen (secondary N) is 2. The number of rotatable bonds is 7. The van der Waals surface area contributed by atoms with Crippen molar-refractivity contribution in [3.05, 3.63) is 33.8 Å². The van der Waals surface area contributed by atoms with Gasteiger partial charge in [0.2, 0.25) is 0 Å². The molecule has 130 valence electrons. The van der Waals surface area contributed by atoms with Gasteiger partial charge in [-0.3, -0.25) is 14.4 Å². The van der Waals surface area contributed by atoms with E-state index in [0.29, 0.717) is 10.9 Å². The molecule has 2 rings (SSSR count). The molecule has 0 aromatic heterocycles. The van der Waals surface area contributed by atoms with E-state index < -0.39 is 11.9 Å². The summed E-state index contributed by atoms with van der Waals surface area (Å²) < 4.78 is 4.82. The maximum absolute atomic E-state index is 11.9. The molecule has 1 aliphatic rings. The highest BCUT2D eigenvalue weighted by atomic mass is 35.5. The van der Waals surface area contributed by atoms with E-state index in [4.69, 9.17) is 27.9 Å². The van der Waals surface area contributed by atoms with Crippen LogP contribution in [0, 0.1) is 5.92 Å². The maximum Gasteiger partial charge on any atom is 0.325 e. The second kappa shape index (κ2) is 8.35. The first-order valence-corrected chi connectivity index (χ1v) is 8.30. The van der Waals surface area contributed by atoms with Crippen LogP contribution in [0.3, 0.4) is 0 Å². The van der Waals surface area contributed by atoms with Crippen LogP contribution in [0.25, 0.3) is 0 Å². The summed E-state index contributed by atoms with van der Waals surface area (Å²) >= 11 is 11.6. The molecule has 2 N–H and O–H groups in total. The lowest BCUT2D eigenvalue weighted by molar-refractivity contribution is -0.147. The second-order valence-electron chi connectivity index (χ2n) is 5.67. The third kappa shape index (κ3) is 5.69. The third-order valence-corrected chi connectivity index (χ3v) is 4.40. The number of carbonyl (C=O) groups is 3. The van der Waals surface area contributed by atoms with Crippen LogP contribution in [0.1, 0.15) is 30.1 Å². The first-order chi connectivity index (χ1) is 11.4. The highest BCUT2D eigenvalue weighted by Crippen LogP contribution is 2.32. The van der Waals surface area contributed by atoms with Crippen molar-refractivity contribution in [1.82, 2.24) is 10.6 Å². The Hall–Kier alpha value is -1.79. The van der Waals surface area contributed by atoms with Crippen LogP contribution < -0.4 is 10.6 Å². The predicted octanol–water partition coefficient (Wildman–Crippen LogP) is 2.18. The van der Waals surface area contributed by atoms with Crippen LogP contribution >= 0.6 is 23.2 Å². The molecule has 24 heavy (non-hydrogen) atoms. The van der Waals surface area contributed by atoms with E-state index in [1.165, 1.54) is 18.2 Å². The number of halogens is 2. The zero-order valence-electron chi connectivity index (χ0n) is 13.1. The number of carbonyl (C=O) groups excluding carboxylic acids is 3. The minimum atomic E-state index is -0.697. The number of amides is 2. The van der Waals surface area contributed by atoms with Crippen LogP contribution in [0.2, 0.25) is 10.0 Å². The van der Waals surface area contributed by atoms with Gasteiger partial charge in [0, 0.05) is 11.6 Å². The quantitative estimate of drug-likeness (QED) is 0.718. The summed E-state index contributed by atoms with van der Waals surface area (Å²) in [6, 6.07) is 4.46. The Morgan fingerprint density at radius 1 is 1.25 bits per heavy atom. The minimum Gasteiger partial charge on any atom is -0.454 e. The van der Waals surface area contributed by atoms with Crippen LogP contribution in [-0.4, -0.2) is 37.0 Å². The van der Waals surface area contributed by atoms with Gasteiger partial charge in [-0.25, -0.2) is 0 Å². The van der Waals surface area contributed by atoms with Crippen LogP contribution in [0.4, 0.5) is 0 Å². The van der Waals surface area contributed by atoms with Crippen molar-refractivity contribution in [1.29, 1.82) is 0 Å². The van der Waals surface area contributed by atoms with Gasteiger partial charge in [-0.15, -0.1) is 0 Å². The molecule has 6 nitrogen and oxygen atoms in total. The summed E-state index contributed by atoms with van der Waals surface area (Å²) in [5, 5.41) is 5.74. The molecule has 1 fully saturated rings. The van der Waals surface area contributed by atoms with E-state index in [0.717, 1.165) is 12.8 Å². The molecule has 1 aromatic rings. The summed E-state index contributed by atoms with van der Waals surface area (Å²) in [4.78, 5) is 35.1. The number of ether oxygens (including phenoxy) is 1. The molecule has 1 aromatic carbocycles. The monoisotopic (exact) mass is 372 g/mol. The van der Waals surface area contributed by atoms with Crippen molar-refractivity contribution in [2.45, 2.75) is 25.8 Å². The summed E-state index contributed by atoms with van der Waals surface area (Å²) in [5.41, 5.74) is 0.271. The molecule has 0 saturated heterocycles. The number of benzene rings is 1.